The summed E-state index contributed by atoms with van der Waals surface area (Å²) in [6.07, 6.45) is 5.13. The molecule has 4 rings (SSSR count). The zero-order valence-electron chi connectivity index (χ0n) is 12.8. The van der Waals surface area contributed by atoms with Crippen LogP contribution in [0.15, 0.2) is 32.4 Å². The predicted molar refractivity (Wildman–Crippen MR) is 94.6 cm³/mol. The number of carbonyl (C=O) groups is 1. The van der Waals surface area contributed by atoms with E-state index in [-0.39, 0.29) is 11.2 Å². The zero-order chi connectivity index (χ0) is 16.0. The highest BCUT2D eigenvalue weighted by molar-refractivity contribution is 8.02. The minimum Gasteiger partial charge on any atom is -0.294 e. The van der Waals surface area contributed by atoms with E-state index in [9.17, 15) is 4.79 Å². The van der Waals surface area contributed by atoms with Crippen LogP contribution in [0.2, 0.25) is 0 Å². The molecule has 0 spiro atoms. The van der Waals surface area contributed by atoms with Crippen molar-refractivity contribution in [2.75, 3.05) is 0 Å². The van der Waals surface area contributed by atoms with Gasteiger partial charge < -0.3 is 0 Å². The van der Waals surface area contributed by atoms with Gasteiger partial charge in [0.05, 0.1) is 9.09 Å². The Hall–Kier alpha value is -1.44. The third kappa shape index (κ3) is 2.77. The van der Waals surface area contributed by atoms with Crippen molar-refractivity contribution in [2.24, 2.45) is 5.41 Å². The van der Waals surface area contributed by atoms with Crippen molar-refractivity contribution < 1.29 is 4.79 Å². The van der Waals surface area contributed by atoms with E-state index < -0.39 is 0 Å². The number of hydrogen-bond donors (Lipinski definition) is 1. The highest BCUT2D eigenvalue weighted by Crippen LogP contribution is 2.49. The summed E-state index contributed by atoms with van der Waals surface area (Å²) in [7, 11) is 0. The molecule has 7 heteroatoms. The summed E-state index contributed by atoms with van der Waals surface area (Å²) in [6, 6.07) is 1.97. The van der Waals surface area contributed by atoms with E-state index in [4.69, 9.17) is 0 Å². The number of nitrogens with one attached hydrogen (secondary N) is 1. The molecule has 0 saturated heterocycles. The van der Waals surface area contributed by atoms with Crippen LogP contribution in [0.1, 0.15) is 36.2 Å². The zero-order valence-corrected chi connectivity index (χ0v) is 15.2. The molecule has 1 aliphatic carbocycles. The number of aromatic amines is 1. The number of nitrogens with zero attached hydrogens (tertiary/aromatic N) is 2. The van der Waals surface area contributed by atoms with Crippen molar-refractivity contribution in [1.82, 2.24) is 15.2 Å². The minimum absolute atomic E-state index is 0.000662. The summed E-state index contributed by atoms with van der Waals surface area (Å²) in [5, 5.41) is 9.17. The predicted octanol–water partition coefficient (Wildman–Crippen LogP) is 4.90. The van der Waals surface area contributed by atoms with E-state index in [0.717, 1.165) is 36.7 Å². The average molecular weight is 362 g/mol. The molecule has 1 aliphatic rings. The van der Waals surface area contributed by atoms with E-state index in [1.165, 1.54) is 0 Å². The molecule has 23 heavy (non-hydrogen) atoms. The molecule has 0 aliphatic heterocycles. The van der Waals surface area contributed by atoms with E-state index in [1.807, 2.05) is 17.6 Å². The van der Waals surface area contributed by atoms with E-state index in [0.29, 0.717) is 6.42 Å². The second-order valence-corrected chi connectivity index (χ2v) is 9.80. The Bertz CT molecular complexity index is 848. The number of rotatable bonds is 3. The number of hydrogen-bond acceptors (Lipinski definition) is 6. The number of H-pyrrole nitrogens is 1. The molecule has 3 heterocycles. The van der Waals surface area contributed by atoms with Gasteiger partial charge in [-0.15, -0.1) is 22.7 Å². The fraction of sp³-hybridized carbons (Fsp3) is 0.312. The van der Waals surface area contributed by atoms with Gasteiger partial charge in [0.1, 0.15) is 5.69 Å². The molecule has 0 bridgehead atoms. The fourth-order valence-electron chi connectivity index (χ4n) is 2.96. The largest absolute Gasteiger partial charge is 0.294 e. The van der Waals surface area contributed by atoms with Gasteiger partial charge in [0.25, 0.3) is 0 Å². The fourth-order valence-corrected chi connectivity index (χ4v) is 6.39. The molecule has 0 saturated carbocycles. The van der Waals surface area contributed by atoms with Crippen molar-refractivity contribution in [3.63, 3.8) is 0 Å². The standard InChI is InChI=1S/C16H15N3OS3/c1-16(2)7-9-12(11(20)8-16)14(23-15-17-5-6-21-15)22-13(9)10-3-4-18-19-10/h3-6H,7-8H2,1-2H3,(H,18,19). The second-order valence-electron chi connectivity index (χ2n) is 6.37. The van der Waals surface area contributed by atoms with Crippen molar-refractivity contribution in [3.8, 4) is 10.6 Å². The van der Waals surface area contributed by atoms with E-state index >= 15 is 0 Å². The third-order valence-corrected chi connectivity index (χ3v) is 7.19. The number of aromatic nitrogens is 3. The van der Waals surface area contributed by atoms with Crippen LogP contribution in [0.5, 0.6) is 0 Å². The first-order chi connectivity index (χ1) is 11.0. The van der Waals surface area contributed by atoms with Gasteiger partial charge in [0.2, 0.25) is 0 Å². The summed E-state index contributed by atoms with van der Waals surface area (Å²) >= 11 is 4.86. The summed E-state index contributed by atoms with van der Waals surface area (Å²) in [5.74, 6) is 0.244. The Morgan fingerprint density at radius 2 is 2.22 bits per heavy atom. The quantitative estimate of drug-likeness (QED) is 0.721. The smallest absolute Gasteiger partial charge is 0.165 e. The number of Topliss-reactive ketones (excluding diaryl/α,β-unsaturated/α-hetero) is 1. The van der Waals surface area contributed by atoms with Crippen LogP contribution < -0.4 is 0 Å². The first kappa shape index (κ1) is 15.1. The van der Waals surface area contributed by atoms with Gasteiger partial charge in [-0.3, -0.25) is 9.89 Å². The van der Waals surface area contributed by atoms with Gasteiger partial charge in [0, 0.05) is 29.8 Å². The van der Waals surface area contributed by atoms with Gasteiger partial charge in [-0.25, -0.2) is 4.98 Å². The van der Waals surface area contributed by atoms with Crippen LogP contribution in [0.25, 0.3) is 10.6 Å². The van der Waals surface area contributed by atoms with Gasteiger partial charge >= 0.3 is 0 Å². The highest BCUT2D eigenvalue weighted by atomic mass is 32.2. The third-order valence-electron chi connectivity index (χ3n) is 3.87. The molecule has 118 valence electrons. The number of fused-ring (bicyclic) bond motifs is 1. The van der Waals surface area contributed by atoms with Crippen LogP contribution in [0, 0.1) is 5.41 Å². The monoisotopic (exact) mass is 361 g/mol. The second kappa shape index (κ2) is 5.58. The van der Waals surface area contributed by atoms with Crippen molar-refractivity contribution in [3.05, 3.63) is 35.0 Å². The van der Waals surface area contributed by atoms with Crippen LogP contribution in [0.3, 0.4) is 0 Å². The first-order valence-corrected chi connectivity index (χ1v) is 9.81. The molecule has 0 atom stereocenters. The highest BCUT2D eigenvalue weighted by Gasteiger charge is 2.37. The van der Waals surface area contributed by atoms with Gasteiger partial charge in [-0.1, -0.05) is 13.8 Å². The number of thiophene rings is 1. The van der Waals surface area contributed by atoms with E-state index in [2.05, 4.69) is 29.0 Å². The van der Waals surface area contributed by atoms with Crippen LogP contribution in [-0.4, -0.2) is 21.0 Å². The lowest BCUT2D eigenvalue weighted by atomic mass is 9.74. The maximum absolute atomic E-state index is 12.8. The van der Waals surface area contributed by atoms with Crippen LogP contribution in [-0.2, 0) is 6.42 Å². The molecule has 3 aromatic rings. The lowest BCUT2D eigenvalue weighted by molar-refractivity contribution is 0.0910. The molecule has 0 amide bonds. The Morgan fingerprint density at radius 3 is 2.91 bits per heavy atom. The maximum Gasteiger partial charge on any atom is 0.165 e. The summed E-state index contributed by atoms with van der Waals surface area (Å²) in [6.45, 7) is 4.32. The van der Waals surface area contributed by atoms with Crippen LogP contribution in [0.4, 0.5) is 0 Å². The molecular weight excluding hydrogens is 346 g/mol. The molecule has 3 aromatic heterocycles. The normalized spacial score (nSPS) is 16.5. The van der Waals surface area contributed by atoms with Crippen LogP contribution >= 0.6 is 34.4 Å². The maximum atomic E-state index is 12.8. The number of ketones is 1. The molecule has 0 radical (unpaired) electrons. The Labute approximate surface area is 146 Å². The summed E-state index contributed by atoms with van der Waals surface area (Å²) in [4.78, 5) is 18.2. The lowest BCUT2D eigenvalue weighted by Crippen LogP contribution is -2.26. The SMILES string of the molecule is CC1(C)CC(=O)c2c(Sc3nccs3)sc(-c3cc[nH]n3)c2C1. The Kier molecular flexibility index (Phi) is 3.66. The molecule has 0 fully saturated rings. The molecule has 1 N–H and O–H groups in total. The average Bonchev–Trinajstić information content (AvgIpc) is 3.18. The van der Waals surface area contributed by atoms with E-state index in [1.54, 1.807) is 40.6 Å². The summed E-state index contributed by atoms with van der Waals surface area (Å²) < 4.78 is 2.02. The molecule has 4 nitrogen and oxygen atoms in total. The first-order valence-electron chi connectivity index (χ1n) is 7.30. The molecule has 0 unspecified atom stereocenters. The van der Waals surface area contributed by atoms with Crippen molar-refractivity contribution in [1.29, 1.82) is 0 Å². The van der Waals surface area contributed by atoms with Crippen molar-refractivity contribution in [2.45, 2.75) is 35.2 Å². The van der Waals surface area contributed by atoms with Gasteiger partial charge in [-0.05, 0) is 35.2 Å². The Morgan fingerprint density at radius 1 is 1.35 bits per heavy atom. The summed E-state index contributed by atoms with van der Waals surface area (Å²) in [5.41, 5.74) is 2.97. The molecule has 0 aromatic carbocycles. The number of carbonyl (C=O) groups excluding carboxylic acids is 1. The van der Waals surface area contributed by atoms with Crippen molar-refractivity contribution >= 4 is 40.2 Å². The lowest BCUT2D eigenvalue weighted by Gasteiger charge is -2.29. The topological polar surface area (TPSA) is 58.6 Å². The minimum atomic E-state index is -0.000662. The number of thiazole rings is 1. The van der Waals surface area contributed by atoms with Gasteiger partial charge in [-0.2, -0.15) is 5.10 Å². The Balaban J connectivity index is 1.86. The van der Waals surface area contributed by atoms with Gasteiger partial charge in [0.15, 0.2) is 10.1 Å². The molecular formula is C16H15N3OS3.